The molecule has 2 aromatic carbocycles. The van der Waals surface area contributed by atoms with Gasteiger partial charge in [-0.1, -0.05) is 119 Å². The Morgan fingerprint density at radius 3 is 1.19 bits per heavy atom. The van der Waals surface area contributed by atoms with Crippen LogP contribution in [0.4, 0.5) is 0 Å². The van der Waals surface area contributed by atoms with Gasteiger partial charge in [0.2, 0.25) is 0 Å². The summed E-state index contributed by atoms with van der Waals surface area (Å²) in [7, 11) is 0. The number of carboxylic acid groups (broad SMARTS) is 2. The number of benzene rings is 2. The molecule has 0 aliphatic rings. The third kappa shape index (κ3) is 20.6. The first kappa shape index (κ1) is 32.9. The molecule has 0 saturated carbocycles. The van der Waals surface area contributed by atoms with E-state index >= 15 is 0 Å². The number of carboxylic acids is 2. The molecule has 4 nitrogen and oxygen atoms in total. The molecule has 0 aromatic heterocycles. The summed E-state index contributed by atoms with van der Waals surface area (Å²) in [6.45, 7) is 2.28. The maximum atomic E-state index is 10.1. The number of unbranched alkanes of at least 4 members (excludes halogenated alkanes) is 9. The molecule has 0 radical (unpaired) electrons. The van der Waals surface area contributed by atoms with E-state index < -0.39 is 11.9 Å². The normalized spacial score (nSPS) is 9.31. The average Bonchev–Trinajstić information content (AvgIpc) is 2.80. The average molecular weight is 469 g/mol. The van der Waals surface area contributed by atoms with Gasteiger partial charge in [-0.25, -0.2) is 0 Å². The molecule has 0 saturated heterocycles. The van der Waals surface area contributed by atoms with Gasteiger partial charge in [-0.2, -0.15) is 0 Å². The Morgan fingerprint density at radius 1 is 0.625 bits per heavy atom. The Hall–Kier alpha value is -1.27. The Kier molecular flexibility index (Phi) is 25.1. The van der Waals surface area contributed by atoms with Crippen molar-refractivity contribution in [3.63, 3.8) is 0 Å². The van der Waals surface area contributed by atoms with Gasteiger partial charge in [0.25, 0.3) is 0 Å². The van der Waals surface area contributed by atoms with E-state index in [1.54, 1.807) is 36.4 Å². The molecule has 2 aromatic rings. The number of aromatic carboxylic acids is 2. The van der Waals surface area contributed by atoms with E-state index in [1.165, 1.54) is 94.2 Å². The molecule has 2 rings (SSSR count). The fourth-order valence-corrected chi connectivity index (χ4v) is 3.01. The van der Waals surface area contributed by atoms with Crippen molar-refractivity contribution in [1.82, 2.24) is 0 Å². The van der Waals surface area contributed by atoms with Gasteiger partial charge in [-0.15, -0.1) is 0 Å². The number of hydrogen-bond donors (Lipinski definition) is 0. The number of hydrogen-bond acceptors (Lipinski definition) is 4. The van der Waals surface area contributed by atoms with Crippen LogP contribution in [0.1, 0.15) is 91.8 Å². The van der Waals surface area contributed by atoms with Crippen molar-refractivity contribution in [3.05, 3.63) is 71.8 Å². The Bertz CT molecular complexity index is 621. The van der Waals surface area contributed by atoms with Crippen LogP contribution in [0.15, 0.2) is 60.7 Å². The van der Waals surface area contributed by atoms with Crippen LogP contribution in [0.3, 0.4) is 0 Å². The van der Waals surface area contributed by atoms with Crippen LogP contribution in [0.5, 0.6) is 0 Å². The second kappa shape index (κ2) is 24.4. The third-order valence-corrected chi connectivity index (χ3v) is 4.90. The largest absolute Gasteiger partial charge is 1.00 e. The summed E-state index contributed by atoms with van der Waals surface area (Å²) in [4.78, 5) is 20.2. The zero-order chi connectivity index (χ0) is 23.2. The van der Waals surface area contributed by atoms with Crippen molar-refractivity contribution >= 4 is 24.6 Å². The molecular formula is C26H37NaO4S. The molecule has 0 amide bonds. The Morgan fingerprint density at radius 2 is 0.938 bits per heavy atom. The van der Waals surface area contributed by atoms with Gasteiger partial charge in [0.15, 0.2) is 0 Å². The molecule has 0 spiro atoms. The van der Waals surface area contributed by atoms with Crippen molar-refractivity contribution in [2.45, 2.75) is 71.1 Å². The molecule has 0 aliphatic heterocycles. The molecule has 0 heterocycles. The van der Waals surface area contributed by atoms with E-state index in [9.17, 15) is 19.8 Å². The Balaban J connectivity index is 0. The molecular weight excluding hydrogens is 431 g/mol. The van der Waals surface area contributed by atoms with Crippen LogP contribution in [0.2, 0.25) is 0 Å². The molecule has 0 unspecified atom stereocenters. The van der Waals surface area contributed by atoms with Crippen LogP contribution in [-0.2, 0) is 12.6 Å². The van der Waals surface area contributed by atoms with Crippen molar-refractivity contribution in [2.75, 3.05) is 5.75 Å². The fourth-order valence-electron chi connectivity index (χ4n) is 2.76. The van der Waals surface area contributed by atoms with E-state index in [4.69, 9.17) is 0 Å². The maximum Gasteiger partial charge on any atom is 1.00 e. The van der Waals surface area contributed by atoms with Crippen LogP contribution in [-0.4, -0.2) is 17.7 Å². The molecule has 32 heavy (non-hydrogen) atoms. The molecule has 0 fully saturated rings. The first-order chi connectivity index (χ1) is 15.0. The van der Waals surface area contributed by atoms with Crippen molar-refractivity contribution < 1.29 is 49.4 Å². The van der Waals surface area contributed by atoms with Crippen molar-refractivity contribution in [1.29, 1.82) is 0 Å². The predicted molar refractivity (Wildman–Crippen MR) is 128 cm³/mol. The summed E-state index contributed by atoms with van der Waals surface area (Å²) < 4.78 is 0. The molecule has 0 atom stereocenters. The van der Waals surface area contributed by atoms with E-state index in [0.717, 1.165) is 0 Å². The zero-order valence-corrected chi connectivity index (χ0v) is 22.7. The zero-order valence-electron chi connectivity index (χ0n) is 19.7. The van der Waals surface area contributed by atoms with Crippen LogP contribution >= 0.6 is 0 Å². The molecule has 0 N–H and O–H groups in total. The number of rotatable bonds is 12. The van der Waals surface area contributed by atoms with Gasteiger partial charge < -0.3 is 19.8 Å². The summed E-state index contributed by atoms with van der Waals surface area (Å²) in [5, 5.41) is 20.2. The SMILES string of the molecule is CCCCCCCCCCCC[SH2+].O=C([O-])c1ccccc1.O=C([O-])c1ccccc1.[Na+]. The molecule has 172 valence electrons. The molecule has 6 heteroatoms. The van der Waals surface area contributed by atoms with E-state index in [1.807, 2.05) is 0 Å². The van der Waals surface area contributed by atoms with Gasteiger partial charge >= 0.3 is 29.6 Å². The first-order valence-electron chi connectivity index (χ1n) is 11.2. The van der Waals surface area contributed by atoms with Gasteiger partial charge in [-0.05, 0) is 36.6 Å². The van der Waals surface area contributed by atoms with Crippen LogP contribution in [0, 0.1) is 0 Å². The van der Waals surface area contributed by atoms with Crippen molar-refractivity contribution in [3.8, 4) is 0 Å². The third-order valence-electron chi connectivity index (χ3n) is 4.55. The molecule has 0 bridgehead atoms. The van der Waals surface area contributed by atoms with E-state index in [2.05, 4.69) is 19.6 Å². The Labute approximate surface area is 221 Å². The summed E-state index contributed by atoms with van der Waals surface area (Å²) >= 11 is 3.50. The van der Waals surface area contributed by atoms with Crippen LogP contribution < -0.4 is 39.8 Å². The van der Waals surface area contributed by atoms with Crippen LogP contribution in [0.25, 0.3) is 0 Å². The topological polar surface area (TPSA) is 80.3 Å². The predicted octanol–water partition coefficient (Wildman–Crippen LogP) is 1.02. The minimum atomic E-state index is -1.13. The minimum absolute atomic E-state index is 0. The fraction of sp³-hybridized carbons (Fsp3) is 0.462. The monoisotopic (exact) mass is 468 g/mol. The van der Waals surface area contributed by atoms with Gasteiger partial charge in [0, 0.05) is 0 Å². The van der Waals surface area contributed by atoms with E-state index in [-0.39, 0.29) is 40.7 Å². The van der Waals surface area contributed by atoms with Gasteiger partial charge in [0.1, 0.15) is 5.75 Å². The molecule has 0 aliphatic carbocycles. The first-order valence-corrected chi connectivity index (χ1v) is 11.9. The van der Waals surface area contributed by atoms with Gasteiger partial charge in [0.05, 0.1) is 11.9 Å². The summed E-state index contributed by atoms with van der Waals surface area (Å²) in [5.74, 6) is -1.08. The number of carbonyl (C=O) groups excluding carboxylic acids is 2. The summed E-state index contributed by atoms with van der Waals surface area (Å²) in [5.41, 5.74) is 0.440. The second-order valence-electron chi connectivity index (χ2n) is 7.24. The number of carbonyl (C=O) groups is 2. The maximum absolute atomic E-state index is 10.1. The van der Waals surface area contributed by atoms with Crippen molar-refractivity contribution in [2.24, 2.45) is 0 Å². The second-order valence-corrected chi connectivity index (χ2v) is 7.74. The van der Waals surface area contributed by atoms with Gasteiger partial charge in [-0.3, -0.25) is 0 Å². The smallest absolute Gasteiger partial charge is 0.545 e. The minimum Gasteiger partial charge on any atom is -0.545 e. The standard InChI is InChI=1S/C12H26S.2C7H6O2.Na/c1-2-3-4-5-6-7-8-9-10-11-12-13;2*8-7(9)6-4-2-1-3-5-6;/h13H,2-12H2,1H3;2*1-5H,(H,8,9);/q;;;+1/p-1. The summed E-state index contributed by atoms with van der Waals surface area (Å²) in [6.07, 6.45) is 14.3. The van der Waals surface area contributed by atoms with E-state index in [0.29, 0.717) is 0 Å². The summed E-state index contributed by atoms with van der Waals surface area (Å²) in [6, 6.07) is 16.1. The quantitative estimate of drug-likeness (QED) is 0.265.